The summed E-state index contributed by atoms with van der Waals surface area (Å²) in [7, 11) is 0. The molecule has 0 atom stereocenters. The number of H-pyrrole nitrogens is 1. The Bertz CT molecular complexity index is 730. The Morgan fingerprint density at radius 1 is 1.48 bits per heavy atom. The van der Waals surface area contributed by atoms with Gasteiger partial charge in [-0.2, -0.15) is 0 Å². The Balaban J connectivity index is 2.41. The van der Waals surface area contributed by atoms with Crippen LogP contribution in [0.5, 0.6) is 0 Å². The van der Waals surface area contributed by atoms with Gasteiger partial charge in [-0.3, -0.25) is 4.79 Å². The molecule has 0 unspecified atom stereocenters. The van der Waals surface area contributed by atoms with Crippen molar-refractivity contribution < 1.29 is 9.90 Å². The molecule has 0 radical (unpaired) electrons. The van der Waals surface area contributed by atoms with Crippen LogP contribution in [0.25, 0.3) is 0 Å². The van der Waals surface area contributed by atoms with Gasteiger partial charge in [-0.15, -0.1) is 0 Å². The molecule has 1 heterocycles. The Morgan fingerprint density at radius 3 is 2.90 bits per heavy atom. The van der Waals surface area contributed by atoms with E-state index in [2.05, 4.69) is 25.9 Å². The third-order valence-corrected chi connectivity index (χ3v) is 4.28. The quantitative estimate of drug-likeness (QED) is 0.790. The first-order chi connectivity index (χ1) is 10.0. The summed E-state index contributed by atoms with van der Waals surface area (Å²) in [6, 6.07) is 6.56. The molecule has 2 aromatic rings. The number of hydrogen-bond donors (Lipinski definition) is 2. The zero-order chi connectivity index (χ0) is 15.4. The third kappa shape index (κ3) is 3.95. The Hall–Kier alpha value is -1.60. The minimum absolute atomic E-state index is 0.158. The van der Waals surface area contributed by atoms with Crippen LogP contribution in [0.3, 0.4) is 0 Å². The monoisotopic (exact) mass is 368 g/mol. The maximum Gasteiger partial charge on any atom is 0.338 e. The van der Waals surface area contributed by atoms with Crippen LogP contribution in [0.15, 0.2) is 43.6 Å². The number of aromatic amines is 1. The molecule has 110 valence electrons. The number of carbonyl (C=O) groups is 1. The van der Waals surface area contributed by atoms with E-state index in [4.69, 9.17) is 0 Å². The number of nitrogens with one attached hydrogen (secondary N) is 1. The molecule has 0 aliphatic carbocycles. The number of nitrogens with zero attached hydrogens (tertiary/aromatic N) is 1. The first kappa shape index (κ1) is 15.8. The second-order valence-corrected chi connectivity index (χ2v) is 6.20. The molecule has 21 heavy (non-hydrogen) atoms. The van der Waals surface area contributed by atoms with Gasteiger partial charge < -0.3 is 10.1 Å². The van der Waals surface area contributed by atoms with Crippen molar-refractivity contribution in [2.75, 3.05) is 0 Å². The van der Waals surface area contributed by atoms with Gasteiger partial charge in [0.25, 0.3) is 5.56 Å². The van der Waals surface area contributed by atoms with E-state index in [-0.39, 0.29) is 11.1 Å². The van der Waals surface area contributed by atoms with E-state index in [1.165, 1.54) is 6.07 Å². The summed E-state index contributed by atoms with van der Waals surface area (Å²) in [4.78, 5) is 30.5. The Morgan fingerprint density at radius 2 is 2.24 bits per heavy atom. The van der Waals surface area contributed by atoms with Crippen LogP contribution >= 0.6 is 27.7 Å². The average Bonchev–Trinajstić information content (AvgIpc) is 2.37. The van der Waals surface area contributed by atoms with Crippen molar-refractivity contribution in [2.45, 2.75) is 29.8 Å². The summed E-state index contributed by atoms with van der Waals surface area (Å²) < 4.78 is 0.493. The van der Waals surface area contributed by atoms with E-state index >= 15 is 0 Å². The van der Waals surface area contributed by atoms with Gasteiger partial charge in [-0.25, -0.2) is 9.78 Å². The molecular formula is C14H13BrN2O3S. The molecule has 2 rings (SSSR count). The number of carboxylic acids is 1. The number of hydrogen-bond acceptors (Lipinski definition) is 4. The van der Waals surface area contributed by atoms with Crippen molar-refractivity contribution in [3.05, 3.63) is 50.3 Å². The molecule has 0 saturated carbocycles. The lowest BCUT2D eigenvalue weighted by molar-refractivity contribution is 0.0692. The number of aryl methyl sites for hydroxylation is 1. The largest absolute Gasteiger partial charge is 0.478 e. The first-order valence-electron chi connectivity index (χ1n) is 6.31. The topological polar surface area (TPSA) is 83.0 Å². The number of benzene rings is 1. The third-order valence-electron chi connectivity index (χ3n) is 2.68. The standard InChI is InChI=1S/C14H13BrN2O3S/c1-2-4-8-7-11(18)17-14(16-8)21-10-6-3-5-9(15)12(10)13(19)20/h3,5-7H,2,4H2,1H3,(H,19,20)(H,16,17,18). The summed E-state index contributed by atoms with van der Waals surface area (Å²) >= 11 is 4.36. The zero-order valence-corrected chi connectivity index (χ0v) is 13.6. The predicted molar refractivity (Wildman–Crippen MR) is 84.1 cm³/mol. The molecule has 0 amide bonds. The number of aromatic nitrogens is 2. The molecule has 0 spiro atoms. The number of carboxylic acid groups (broad SMARTS) is 1. The molecule has 1 aromatic carbocycles. The van der Waals surface area contributed by atoms with Crippen molar-refractivity contribution in [3.63, 3.8) is 0 Å². The van der Waals surface area contributed by atoms with Gasteiger partial charge in [-0.05, 0) is 34.5 Å². The maximum atomic E-state index is 11.6. The highest BCUT2D eigenvalue weighted by Crippen LogP contribution is 2.32. The second kappa shape index (κ2) is 6.91. The van der Waals surface area contributed by atoms with Crippen molar-refractivity contribution >= 4 is 33.7 Å². The fourth-order valence-corrected chi connectivity index (χ4v) is 3.45. The SMILES string of the molecule is CCCc1cc(=O)[nH]c(Sc2cccc(Br)c2C(=O)O)n1. The molecule has 0 bridgehead atoms. The van der Waals surface area contributed by atoms with Crippen molar-refractivity contribution in [1.82, 2.24) is 9.97 Å². The number of aromatic carboxylic acids is 1. The molecule has 0 aliphatic rings. The molecule has 2 N–H and O–H groups in total. The normalized spacial score (nSPS) is 10.6. The number of rotatable bonds is 5. The van der Waals surface area contributed by atoms with Crippen LogP contribution in [-0.2, 0) is 6.42 Å². The van der Waals surface area contributed by atoms with Gasteiger partial charge in [0.05, 0.1) is 5.56 Å². The lowest BCUT2D eigenvalue weighted by atomic mass is 10.2. The van der Waals surface area contributed by atoms with Crippen LogP contribution in [0, 0.1) is 0 Å². The molecule has 5 nitrogen and oxygen atoms in total. The van der Waals surface area contributed by atoms with Crippen molar-refractivity contribution in [1.29, 1.82) is 0 Å². The zero-order valence-electron chi connectivity index (χ0n) is 11.2. The number of halogens is 1. The predicted octanol–water partition coefficient (Wildman–Crippen LogP) is 3.33. The lowest BCUT2D eigenvalue weighted by Crippen LogP contribution is -2.10. The molecule has 0 aliphatic heterocycles. The van der Waals surface area contributed by atoms with E-state index in [1.807, 2.05) is 6.92 Å². The van der Waals surface area contributed by atoms with Crippen molar-refractivity contribution in [2.24, 2.45) is 0 Å². The summed E-state index contributed by atoms with van der Waals surface area (Å²) in [5.41, 5.74) is 0.629. The van der Waals surface area contributed by atoms with E-state index in [1.54, 1.807) is 18.2 Å². The van der Waals surface area contributed by atoms with Gasteiger partial charge in [0, 0.05) is 21.1 Å². The Kier molecular flexibility index (Phi) is 5.19. The molecule has 1 aromatic heterocycles. The van der Waals surface area contributed by atoms with Crippen molar-refractivity contribution in [3.8, 4) is 0 Å². The van der Waals surface area contributed by atoms with Gasteiger partial charge in [-0.1, -0.05) is 31.2 Å². The highest BCUT2D eigenvalue weighted by Gasteiger charge is 2.16. The van der Waals surface area contributed by atoms with Gasteiger partial charge in [0.2, 0.25) is 0 Å². The van der Waals surface area contributed by atoms with Crippen LogP contribution in [0.4, 0.5) is 0 Å². The van der Waals surface area contributed by atoms with E-state index in [0.29, 0.717) is 26.6 Å². The minimum Gasteiger partial charge on any atom is -0.478 e. The van der Waals surface area contributed by atoms with E-state index in [0.717, 1.165) is 18.2 Å². The fourth-order valence-electron chi connectivity index (χ4n) is 1.82. The summed E-state index contributed by atoms with van der Waals surface area (Å²) in [5.74, 6) is -1.03. The van der Waals surface area contributed by atoms with Crippen LogP contribution in [0.1, 0.15) is 29.4 Å². The van der Waals surface area contributed by atoms with Crippen LogP contribution < -0.4 is 5.56 Å². The molecule has 0 saturated heterocycles. The Labute approximate surface area is 133 Å². The summed E-state index contributed by atoms with van der Waals surface area (Å²) in [6.45, 7) is 2.01. The minimum atomic E-state index is -1.03. The van der Waals surface area contributed by atoms with Gasteiger partial charge in [0.15, 0.2) is 5.16 Å². The average molecular weight is 369 g/mol. The van der Waals surface area contributed by atoms with E-state index < -0.39 is 5.97 Å². The smallest absolute Gasteiger partial charge is 0.338 e. The van der Waals surface area contributed by atoms with Gasteiger partial charge in [0.1, 0.15) is 0 Å². The van der Waals surface area contributed by atoms with E-state index in [9.17, 15) is 14.7 Å². The van der Waals surface area contributed by atoms with Crippen LogP contribution in [-0.4, -0.2) is 21.0 Å². The second-order valence-electron chi connectivity index (χ2n) is 4.31. The van der Waals surface area contributed by atoms with Gasteiger partial charge >= 0.3 is 5.97 Å². The highest BCUT2D eigenvalue weighted by atomic mass is 79.9. The maximum absolute atomic E-state index is 11.6. The molecule has 0 fully saturated rings. The first-order valence-corrected chi connectivity index (χ1v) is 7.92. The highest BCUT2D eigenvalue weighted by molar-refractivity contribution is 9.10. The summed E-state index contributed by atoms with van der Waals surface area (Å²) in [6.07, 6.45) is 1.60. The lowest BCUT2D eigenvalue weighted by Gasteiger charge is -2.07. The molecular weight excluding hydrogens is 356 g/mol. The fraction of sp³-hybridized carbons (Fsp3) is 0.214. The summed E-state index contributed by atoms with van der Waals surface area (Å²) in [5, 5.41) is 9.68. The molecule has 7 heteroatoms. The van der Waals surface area contributed by atoms with Crippen LogP contribution in [0.2, 0.25) is 0 Å².